The van der Waals surface area contributed by atoms with Crippen LogP contribution >= 0.6 is 0 Å². The summed E-state index contributed by atoms with van der Waals surface area (Å²) in [5.41, 5.74) is 3.16. The number of aromatic nitrogens is 2. The van der Waals surface area contributed by atoms with Gasteiger partial charge in [0.25, 0.3) is 5.91 Å². The Balaban J connectivity index is 2.02. The van der Waals surface area contributed by atoms with Gasteiger partial charge in [0.15, 0.2) is 11.5 Å². The maximum Gasteiger partial charge on any atom is 0.291 e. The monoisotopic (exact) mass is 272 g/mol. The predicted molar refractivity (Wildman–Crippen MR) is 71.8 cm³/mol. The first-order chi connectivity index (χ1) is 9.70. The van der Waals surface area contributed by atoms with Crippen LogP contribution < -0.4 is 10.2 Å². The van der Waals surface area contributed by atoms with E-state index in [-0.39, 0.29) is 11.4 Å². The molecule has 0 aliphatic rings. The summed E-state index contributed by atoms with van der Waals surface area (Å²) in [5, 5.41) is 13.2. The fraction of sp³-hybridized carbons (Fsp3) is 0.0769. The van der Waals surface area contributed by atoms with Crippen LogP contribution in [0.3, 0.4) is 0 Å². The molecule has 1 aromatic heterocycles. The van der Waals surface area contributed by atoms with Gasteiger partial charge in [0.1, 0.15) is 5.69 Å². The molecule has 102 valence electrons. The first-order valence-corrected chi connectivity index (χ1v) is 5.67. The van der Waals surface area contributed by atoms with Gasteiger partial charge in [0.2, 0.25) is 0 Å². The second kappa shape index (κ2) is 6.28. The van der Waals surface area contributed by atoms with E-state index < -0.39 is 5.91 Å². The van der Waals surface area contributed by atoms with Crippen molar-refractivity contribution < 1.29 is 14.6 Å². The van der Waals surface area contributed by atoms with Gasteiger partial charge in [-0.25, -0.2) is 10.4 Å². The highest BCUT2D eigenvalue weighted by Crippen LogP contribution is 2.25. The van der Waals surface area contributed by atoms with Crippen LogP contribution in [0, 0.1) is 0 Å². The Kier molecular flexibility index (Phi) is 4.23. The molecule has 1 heterocycles. The van der Waals surface area contributed by atoms with Crippen LogP contribution in [0.4, 0.5) is 0 Å². The first-order valence-electron chi connectivity index (χ1n) is 5.67. The van der Waals surface area contributed by atoms with E-state index in [1.165, 1.54) is 38.0 Å². The van der Waals surface area contributed by atoms with Gasteiger partial charge in [-0.05, 0) is 23.8 Å². The number of carbonyl (C=O) groups is 1. The number of nitrogens with one attached hydrogen (secondary N) is 1. The van der Waals surface area contributed by atoms with Crippen molar-refractivity contribution in [2.45, 2.75) is 0 Å². The van der Waals surface area contributed by atoms with E-state index in [0.29, 0.717) is 11.3 Å². The number of amides is 1. The lowest BCUT2D eigenvalue weighted by Crippen LogP contribution is -2.19. The Morgan fingerprint density at radius 2 is 2.30 bits per heavy atom. The minimum Gasteiger partial charge on any atom is -0.504 e. The van der Waals surface area contributed by atoms with Gasteiger partial charge in [0, 0.05) is 12.4 Å². The second-order valence-corrected chi connectivity index (χ2v) is 3.72. The minimum absolute atomic E-state index is 0.0354. The van der Waals surface area contributed by atoms with E-state index in [1.54, 1.807) is 12.1 Å². The maximum atomic E-state index is 11.6. The van der Waals surface area contributed by atoms with Crippen LogP contribution in [-0.4, -0.2) is 34.3 Å². The molecule has 7 nitrogen and oxygen atoms in total. The van der Waals surface area contributed by atoms with Crippen molar-refractivity contribution in [2.75, 3.05) is 7.11 Å². The topological polar surface area (TPSA) is 96.7 Å². The molecule has 0 spiro atoms. The van der Waals surface area contributed by atoms with Gasteiger partial charge >= 0.3 is 0 Å². The largest absolute Gasteiger partial charge is 0.504 e. The number of hydrogen-bond donors (Lipinski definition) is 2. The Bertz CT molecular complexity index is 629. The van der Waals surface area contributed by atoms with Crippen molar-refractivity contribution in [3.8, 4) is 11.5 Å². The molecule has 1 aromatic carbocycles. The molecule has 7 heteroatoms. The smallest absolute Gasteiger partial charge is 0.291 e. The zero-order chi connectivity index (χ0) is 14.4. The third-order valence-corrected chi connectivity index (χ3v) is 2.38. The number of benzene rings is 1. The molecule has 2 aromatic rings. The van der Waals surface area contributed by atoms with Gasteiger partial charge in [0.05, 0.1) is 19.5 Å². The maximum absolute atomic E-state index is 11.6. The fourth-order valence-corrected chi connectivity index (χ4v) is 1.41. The molecule has 20 heavy (non-hydrogen) atoms. The number of methoxy groups -OCH3 is 1. The third-order valence-electron chi connectivity index (χ3n) is 2.38. The van der Waals surface area contributed by atoms with E-state index in [9.17, 15) is 9.90 Å². The third kappa shape index (κ3) is 3.29. The Morgan fingerprint density at radius 1 is 1.45 bits per heavy atom. The molecule has 0 saturated carbocycles. The van der Waals surface area contributed by atoms with Gasteiger partial charge in [-0.2, -0.15) is 5.10 Å². The van der Waals surface area contributed by atoms with Crippen molar-refractivity contribution in [3.05, 3.63) is 48.0 Å². The van der Waals surface area contributed by atoms with Gasteiger partial charge in [-0.1, -0.05) is 0 Å². The number of phenolic OH excluding ortho intramolecular Hbond substituents is 1. The van der Waals surface area contributed by atoms with E-state index in [2.05, 4.69) is 20.5 Å². The number of rotatable bonds is 4. The van der Waals surface area contributed by atoms with Gasteiger partial charge in [-0.15, -0.1) is 0 Å². The van der Waals surface area contributed by atoms with Crippen LogP contribution in [0.5, 0.6) is 11.5 Å². The van der Waals surface area contributed by atoms with E-state index in [0.717, 1.165) is 0 Å². The number of phenols is 1. The average Bonchev–Trinajstić information content (AvgIpc) is 2.49. The van der Waals surface area contributed by atoms with Crippen LogP contribution in [0.2, 0.25) is 0 Å². The number of carbonyl (C=O) groups excluding carboxylic acids is 1. The second-order valence-electron chi connectivity index (χ2n) is 3.72. The van der Waals surface area contributed by atoms with Crippen LogP contribution in [0.1, 0.15) is 16.1 Å². The highest BCUT2D eigenvalue weighted by molar-refractivity contribution is 5.92. The number of ether oxygens (including phenoxy) is 1. The summed E-state index contributed by atoms with van der Waals surface area (Å²) in [6.45, 7) is 0. The van der Waals surface area contributed by atoms with Crippen molar-refractivity contribution in [1.82, 2.24) is 15.4 Å². The zero-order valence-electron chi connectivity index (χ0n) is 10.6. The Hall–Kier alpha value is -2.96. The number of hydrogen-bond acceptors (Lipinski definition) is 6. The van der Waals surface area contributed by atoms with Crippen LogP contribution in [-0.2, 0) is 0 Å². The number of aromatic hydroxyl groups is 1. The van der Waals surface area contributed by atoms with Crippen LogP contribution in [0.25, 0.3) is 0 Å². The SMILES string of the molecule is COc1cc(/C=N\NC(=O)c2cnccn2)ccc1O. The summed E-state index contributed by atoms with van der Waals surface area (Å²) in [5.74, 6) is -0.0949. The van der Waals surface area contributed by atoms with Crippen molar-refractivity contribution in [3.63, 3.8) is 0 Å². The molecule has 2 rings (SSSR count). The normalized spacial score (nSPS) is 10.4. The van der Waals surface area contributed by atoms with E-state index in [4.69, 9.17) is 4.74 Å². The zero-order valence-corrected chi connectivity index (χ0v) is 10.6. The molecule has 0 aliphatic heterocycles. The molecular formula is C13H12N4O3. The summed E-state index contributed by atoms with van der Waals surface area (Å²) >= 11 is 0. The molecule has 0 unspecified atom stereocenters. The van der Waals surface area contributed by atoms with Crippen molar-refractivity contribution in [1.29, 1.82) is 0 Å². The molecule has 0 atom stereocenters. The molecule has 0 fully saturated rings. The number of nitrogens with zero attached hydrogens (tertiary/aromatic N) is 3. The van der Waals surface area contributed by atoms with E-state index in [1.807, 2.05) is 0 Å². The lowest BCUT2D eigenvalue weighted by molar-refractivity contribution is 0.0949. The highest BCUT2D eigenvalue weighted by Gasteiger charge is 2.05. The quantitative estimate of drug-likeness (QED) is 0.638. The standard InChI is InChI=1S/C13H12N4O3/c1-20-12-6-9(2-3-11(12)18)7-16-17-13(19)10-8-14-4-5-15-10/h2-8,18H,1H3,(H,17,19)/b16-7-. The lowest BCUT2D eigenvalue weighted by Gasteiger charge is -2.03. The first kappa shape index (κ1) is 13.5. The highest BCUT2D eigenvalue weighted by atomic mass is 16.5. The molecule has 1 amide bonds. The minimum atomic E-state index is -0.458. The van der Waals surface area contributed by atoms with Crippen LogP contribution in [0.15, 0.2) is 41.9 Å². The summed E-state index contributed by atoms with van der Waals surface area (Å²) in [4.78, 5) is 19.2. The number of hydrazone groups is 1. The summed E-state index contributed by atoms with van der Waals surface area (Å²) in [6, 6.07) is 4.70. The summed E-state index contributed by atoms with van der Waals surface area (Å²) in [6.07, 6.45) is 5.66. The van der Waals surface area contributed by atoms with Crippen molar-refractivity contribution >= 4 is 12.1 Å². The lowest BCUT2D eigenvalue weighted by atomic mass is 10.2. The molecule has 0 saturated heterocycles. The average molecular weight is 272 g/mol. The van der Waals surface area contributed by atoms with Gasteiger partial charge in [-0.3, -0.25) is 9.78 Å². The van der Waals surface area contributed by atoms with Gasteiger partial charge < -0.3 is 9.84 Å². The summed E-state index contributed by atoms with van der Waals surface area (Å²) in [7, 11) is 1.45. The molecule has 2 N–H and O–H groups in total. The fourth-order valence-electron chi connectivity index (χ4n) is 1.41. The molecule has 0 radical (unpaired) electrons. The van der Waals surface area contributed by atoms with E-state index >= 15 is 0 Å². The predicted octanol–water partition coefficient (Wildman–Crippen LogP) is 0.955. The molecular weight excluding hydrogens is 260 g/mol. The molecule has 0 bridgehead atoms. The molecule has 0 aliphatic carbocycles. The van der Waals surface area contributed by atoms with Crippen molar-refractivity contribution in [2.24, 2.45) is 5.10 Å². The Labute approximate surface area is 115 Å². The Morgan fingerprint density at radius 3 is 3.00 bits per heavy atom. The summed E-state index contributed by atoms with van der Waals surface area (Å²) < 4.78 is 4.97.